The molecule has 0 radical (unpaired) electrons. The molecule has 2 atom stereocenters. The van der Waals surface area contributed by atoms with Crippen molar-refractivity contribution in [3.8, 4) is 22.3 Å². The normalized spacial score (nSPS) is 17.8. The Morgan fingerprint density at radius 2 is 0.816 bits per heavy atom. The molecular weight excluding hydrogens is 589 g/mol. The largest absolute Gasteiger partial charge is 0.0641 e. The van der Waals surface area contributed by atoms with Crippen molar-refractivity contribution < 1.29 is 0 Å². The van der Waals surface area contributed by atoms with Crippen LogP contribution in [0.5, 0.6) is 0 Å². The van der Waals surface area contributed by atoms with Gasteiger partial charge in [-0.05, 0) is 101 Å². The van der Waals surface area contributed by atoms with E-state index in [1.54, 1.807) is 0 Å². The van der Waals surface area contributed by atoms with Gasteiger partial charge in [0.2, 0.25) is 0 Å². The van der Waals surface area contributed by atoms with E-state index in [-0.39, 0.29) is 17.8 Å². The first kappa shape index (κ1) is 27.0. The monoisotopic (exact) mass is 620 g/mol. The lowest BCUT2D eigenvalue weighted by Crippen LogP contribution is -2.05. The fourth-order valence-corrected chi connectivity index (χ4v) is 9.60. The highest BCUT2D eigenvalue weighted by Gasteiger charge is 2.43. The number of hydrogen-bond donors (Lipinski definition) is 0. The Kier molecular flexibility index (Phi) is 5.66. The van der Waals surface area contributed by atoms with Crippen molar-refractivity contribution in [2.75, 3.05) is 0 Å². The second-order valence-corrected chi connectivity index (χ2v) is 13.9. The van der Waals surface area contributed by atoms with Gasteiger partial charge in [-0.2, -0.15) is 0 Å². The van der Waals surface area contributed by atoms with Crippen LogP contribution < -0.4 is 0 Å². The quantitative estimate of drug-likeness (QED) is 0.184. The van der Waals surface area contributed by atoms with Gasteiger partial charge in [-0.15, -0.1) is 0 Å². The van der Waals surface area contributed by atoms with Gasteiger partial charge in [0.05, 0.1) is 0 Å². The van der Waals surface area contributed by atoms with Crippen LogP contribution in [0.1, 0.15) is 73.4 Å². The predicted molar refractivity (Wildman–Crippen MR) is 203 cm³/mol. The average molecular weight is 621 g/mol. The molecule has 0 fully saturated rings. The molecule has 0 aromatic heterocycles. The summed E-state index contributed by atoms with van der Waals surface area (Å²) in [4.78, 5) is 0. The minimum atomic E-state index is 0.141. The first-order valence-electron chi connectivity index (χ1n) is 17.5. The van der Waals surface area contributed by atoms with Crippen molar-refractivity contribution in [3.05, 3.63) is 232 Å². The Bertz CT molecular complexity index is 2500. The molecule has 0 saturated carbocycles. The van der Waals surface area contributed by atoms with E-state index in [9.17, 15) is 0 Å². The first-order valence-corrected chi connectivity index (χ1v) is 17.5. The summed E-state index contributed by atoms with van der Waals surface area (Å²) >= 11 is 0. The Morgan fingerprint density at radius 1 is 0.347 bits per heavy atom. The summed E-state index contributed by atoms with van der Waals surface area (Å²) in [6, 6.07) is 63.8. The zero-order chi connectivity index (χ0) is 32.1. The molecule has 4 aliphatic rings. The van der Waals surface area contributed by atoms with Crippen molar-refractivity contribution in [2.24, 2.45) is 0 Å². The summed E-state index contributed by atoms with van der Waals surface area (Å²) in [7, 11) is 0. The van der Waals surface area contributed by atoms with E-state index in [1.165, 1.54) is 94.6 Å². The van der Waals surface area contributed by atoms with Crippen LogP contribution in [-0.2, 0) is 0 Å². The van der Waals surface area contributed by atoms with E-state index in [1.807, 2.05) is 0 Å². The predicted octanol–water partition coefficient (Wildman–Crippen LogP) is 12.1. The lowest BCUT2D eigenvalue weighted by molar-refractivity contribution is 0.978. The Morgan fingerprint density at radius 3 is 1.45 bits per heavy atom. The maximum absolute atomic E-state index is 2.60. The minimum absolute atomic E-state index is 0.141. The SMILES string of the molecule is C1=C(c2ccccc2)C(c2ccccc2)=C2c3cc(C4c5ccccc5-c5ccccc54)cc4c3C(c3ccccc3-4)c3ccccc3C12. The standard InChI is InChI=1S/C49H32/c1-3-15-30(16-4-1)41-29-43-36-22-10-14-26-40(36)47-39-25-13-9-21-35(39)42-27-32(28-44(49(42)47)48(43)46(41)31-17-5-2-6-18-31)45-37-23-11-7-19-33(37)34-20-8-12-24-38(34)45/h1-29,43,45,47H. The van der Waals surface area contributed by atoms with Crippen LogP contribution in [0.25, 0.3) is 39.0 Å². The molecule has 0 aliphatic heterocycles. The minimum Gasteiger partial charge on any atom is -0.0641 e. The molecule has 0 N–H and O–H groups in total. The van der Waals surface area contributed by atoms with Crippen LogP contribution >= 0.6 is 0 Å². The lowest BCUT2D eigenvalue weighted by atomic mass is 9.80. The Balaban J connectivity index is 1.29. The molecule has 228 valence electrons. The molecular formula is C49H32. The van der Waals surface area contributed by atoms with Crippen molar-refractivity contribution in [1.82, 2.24) is 0 Å². The van der Waals surface area contributed by atoms with Gasteiger partial charge < -0.3 is 0 Å². The number of rotatable bonds is 3. The maximum Gasteiger partial charge on any atom is 0.0361 e. The van der Waals surface area contributed by atoms with Crippen LogP contribution in [0.3, 0.4) is 0 Å². The molecule has 0 bridgehead atoms. The highest BCUT2D eigenvalue weighted by molar-refractivity contribution is 6.21. The first-order chi connectivity index (χ1) is 24.3. The van der Waals surface area contributed by atoms with Gasteiger partial charge in [0, 0.05) is 17.8 Å². The summed E-state index contributed by atoms with van der Waals surface area (Å²) in [5.74, 6) is 0.508. The third kappa shape index (κ3) is 3.75. The third-order valence-corrected chi connectivity index (χ3v) is 11.5. The molecule has 0 heterocycles. The smallest absolute Gasteiger partial charge is 0.0361 e. The summed E-state index contributed by atoms with van der Waals surface area (Å²) < 4.78 is 0. The molecule has 2 unspecified atom stereocenters. The zero-order valence-electron chi connectivity index (χ0n) is 27.0. The number of fused-ring (bicyclic) bond motifs is 11. The van der Waals surface area contributed by atoms with Crippen LogP contribution in [0, 0.1) is 0 Å². The molecule has 7 aromatic rings. The van der Waals surface area contributed by atoms with Gasteiger partial charge in [0.1, 0.15) is 0 Å². The van der Waals surface area contributed by atoms with Crippen molar-refractivity contribution in [2.45, 2.75) is 17.8 Å². The van der Waals surface area contributed by atoms with Gasteiger partial charge in [0.25, 0.3) is 0 Å². The van der Waals surface area contributed by atoms with Gasteiger partial charge >= 0.3 is 0 Å². The van der Waals surface area contributed by atoms with Crippen LogP contribution in [0.2, 0.25) is 0 Å². The van der Waals surface area contributed by atoms with E-state index in [0.29, 0.717) is 0 Å². The van der Waals surface area contributed by atoms with Crippen molar-refractivity contribution in [3.63, 3.8) is 0 Å². The topological polar surface area (TPSA) is 0 Å². The Labute approximate surface area is 287 Å². The van der Waals surface area contributed by atoms with Crippen LogP contribution in [0.15, 0.2) is 176 Å². The fraction of sp³-hybridized carbons (Fsp3) is 0.0612. The molecule has 49 heavy (non-hydrogen) atoms. The summed E-state index contributed by atoms with van der Waals surface area (Å²) in [6.07, 6.45) is 2.57. The number of benzene rings is 7. The van der Waals surface area contributed by atoms with E-state index >= 15 is 0 Å². The van der Waals surface area contributed by atoms with Crippen LogP contribution in [-0.4, -0.2) is 0 Å². The van der Waals surface area contributed by atoms with E-state index < -0.39 is 0 Å². The molecule has 0 nitrogen and oxygen atoms in total. The highest BCUT2D eigenvalue weighted by Crippen LogP contribution is 2.62. The van der Waals surface area contributed by atoms with Crippen LogP contribution in [0.4, 0.5) is 0 Å². The van der Waals surface area contributed by atoms with Gasteiger partial charge in [-0.3, -0.25) is 0 Å². The zero-order valence-corrected chi connectivity index (χ0v) is 27.0. The molecule has 0 heteroatoms. The molecule has 0 saturated heterocycles. The summed E-state index contributed by atoms with van der Waals surface area (Å²) in [5.41, 5.74) is 23.4. The second kappa shape index (κ2) is 10.3. The second-order valence-electron chi connectivity index (χ2n) is 13.9. The molecule has 7 aromatic carbocycles. The van der Waals surface area contributed by atoms with Gasteiger partial charge in [-0.25, -0.2) is 0 Å². The molecule has 11 rings (SSSR count). The fourth-order valence-electron chi connectivity index (χ4n) is 9.60. The summed E-state index contributed by atoms with van der Waals surface area (Å²) in [6.45, 7) is 0. The molecule has 0 amide bonds. The van der Waals surface area contributed by atoms with Gasteiger partial charge in [-0.1, -0.05) is 170 Å². The molecule has 4 aliphatic carbocycles. The van der Waals surface area contributed by atoms with Crippen molar-refractivity contribution in [1.29, 1.82) is 0 Å². The number of hydrogen-bond acceptors (Lipinski definition) is 0. The maximum atomic E-state index is 2.60. The molecule has 0 spiro atoms. The third-order valence-electron chi connectivity index (χ3n) is 11.5. The van der Waals surface area contributed by atoms with E-state index in [2.05, 4.69) is 176 Å². The highest BCUT2D eigenvalue weighted by atomic mass is 14.5. The summed E-state index contributed by atoms with van der Waals surface area (Å²) in [5, 5.41) is 0. The lowest BCUT2D eigenvalue weighted by Gasteiger charge is -2.22. The van der Waals surface area contributed by atoms with Crippen molar-refractivity contribution >= 4 is 16.7 Å². The Hall–Kier alpha value is -5.98. The van der Waals surface area contributed by atoms with E-state index in [4.69, 9.17) is 0 Å². The van der Waals surface area contributed by atoms with Gasteiger partial charge in [0.15, 0.2) is 0 Å². The number of allylic oxidation sites excluding steroid dienone is 4. The van der Waals surface area contributed by atoms with E-state index in [0.717, 1.165) is 0 Å². The average Bonchev–Trinajstić information content (AvgIpc) is 3.81.